The molecule has 1 aromatic carbocycles. The molecular weight excluding hydrogens is 308 g/mol. The Morgan fingerprint density at radius 1 is 1.38 bits per heavy atom. The van der Waals surface area contributed by atoms with Crippen LogP contribution >= 0.6 is 0 Å². The highest BCUT2D eigenvalue weighted by Gasteiger charge is 2.37. The molecule has 0 radical (unpaired) electrons. The van der Waals surface area contributed by atoms with Crippen molar-refractivity contribution in [2.75, 3.05) is 0 Å². The van der Waals surface area contributed by atoms with Crippen LogP contribution in [-0.2, 0) is 4.79 Å². The largest absolute Gasteiger partial charge is 0.300 e. The lowest BCUT2D eigenvalue weighted by atomic mass is 9.76. The predicted molar refractivity (Wildman–Crippen MR) is 83.7 cm³/mol. The van der Waals surface area contributed by atoms with Gasteiger partial charge in [0.15, 0.2) is 5.82 Å². The fourth-order valence-corrected chi connectivity index (χ4v) is 3.17. The first-order valence-corrected chi connectivity index (χ1v) is 7.40. The second kappa shape index (κ2) is 5.38. The maximum absolute atomic E-state index is 11.6. The van der Waals surface area contributed by atoms with Crippen molar-refractivity contribution in [3.63, 3.8) is 0 Å². The summed E-state index contributed by atoms with van der Waals surface area (Å²) >= 11 is 0. The van der Waals surface area contributed by atoms with Gasteiger partial charge in [-0.15, -0.1) is 0 Å². The molecule has 24 heavy (non-hydrogen) atoms. The van der Waals surface area contributed by atoms with Crippen LogP contribution in [0.5, 0.6) is 0 Å². The highest BCUT2D eigenvalue weighted by atomic mass is 16.6. The Labute approximate surface area is 136 Å². The maximum Gasteiger partial charge on any atom is 0.151 e. The number of nitrogens with one attached hydrogen (secondary N) is 1. The third kappa shape index (κ3) is 2.10. The number of aromatic amines is 1. The molecule has 8 heteroatoms. The number of hydrogen-bond acceptors (Lipinski definition) is 7. The number of fused-ring (bicyclic) bond motifs is 2. The summed E-state index contributed by atoms with van der Waals surface area (Å²) in [5, 5.41) is 24.5. The van der Waals surface area contributed by atoms with Crippen molar-refractivity contribution in [1.29, 1.82) is 5.26 Å². The van der Waals surface area contributed by atoms with Gasteiger partial charge in [0.05, 0.1) is 18.2 Å². The molecule has 3 aromatic rings. The number of carbonyl (C=O) groups excluding carboxylic acids is 1. The smallest absolute Gasteiger partial charge is 0.151 e. The number of ketones is 1. The summed E-state index contributed by atoms with van der Waals surface area (Å²) in [6.45, 7) is 1.48. The molecule has 0 bridgehead atoms. The zero-order chi connectivity index (χ0) is 16.7. The second-order valence-electron chi connectivity index (χ2n) is 5.72. The number of nitriles is 1. The van der Waals surface area contributed by atoms with Crippen molar-refractivity contribution >= 4 is 28.3 Å². The van der Waals surface area contributed by atoms with Gasteiger partial charge in [-0.1, -0.05) is 12.1 Å². The molecule has 2 aromatic heterocycles. The van der Waals surface area contributed by atoms with E-state index in [0.29, 0.717) is 22.6 Å². The van der Waals surface area contributed by atoms with Crippen molar-refractivity contribution in [1.82, 2.24) is 20.5 Å². The van der Waals surface area contributed by atoms with E-state index in [2.05, 4.69) is 31.6 Å². The van der Waals surface area contributed by atoms with Crippen molar-refractivity contribution in [3.8, 4) is 6.07 Å². The van der Waals surface area contributed by atoms with Crippen molar-refractivity contribution in [2.45, 2.75) is 19.3 Å². The molecule has 8 nitrogen and oxygen atoms in total. The zero-order valence-electron chi connectivity index (χ0n) is 12.7. The summed E-state index contributed by atoms with van der Waals surface area (Å²) in [7, 11) is 0. The van der Waals surface area contributed by atoms with Crippen LogP contribution in [0.15, 0.2) is 34.0 Å². The van der Waals surface area contributed by atoms with Gasteiger partial charge in [-0.25, -0.2) is 9.62 Å². The van der Waals surface area contributed by atoms with Crippen molar-refractivity contribution in [2.24, 2.45) is 10.9 Å². The second-order valence-corrected chi connectivity index (χ2v) is 5.72. The Kier molecular flexibility index (Phi) is 3.20. The number of benzene rings is 1. The number of aliphatic imine (C=N–C) groups is 1. The number of hydrogen-bond donors (Lipinski definition) is 1. The van der Waals surface area contributed by atoms with Gasteiger partial charge in [-0.2, -0.15) is 10.4 Å². The van der Waals surface area contributed by atoms with E-state index >= 15 is 0 Å². The Morgan fingerprint density at radius 3 is 3.04 bits per heavy atom. The van der Waals surface area contributed by atoms with E-state index in [1.807, 2.05) is 12.1 Å². The molecule has 0 saturated heterocycles. The molecule has 0 amide bonds. The molecule has 3 heterocycles. The minimum atomic E-state index is -0.582. The summed E-state index contributed by atoms with van der Waals surface area (Å²) in [5.74, 6) is -0.402. The number of Topliss-reactive ketones (excluding diaryl/α,β-unsaturated/α-hetero) is 1. The molecule has 0 aliphatic carbocycles. The average Bonchev–Trinajstić information content (AvgIpc) is 3.21. The van der Waals surface area contributed by atoms with Crippen LogP contribution in [0.1, 0.15) is 30.4 Å². The van der Waals surface area contributed by atoms with E-state index in [-0.39, 0.29) is 18.1 Å². The third-order valence-corrected chi connectivity index (χ3v) is 4.15. The summed E-state index contributed by atoms with van der Waals surface area (Å²) < 4.78 is 4.84. The van der Waals surface area contributed by atoms with Crippen LogP contribution in [0.25, 0.3) is 11.0 Å². The van der Waals surface area contributed by atoms with E-state index in [1.165, 1.54) is 6.92 Å². The SMILES string of the molecule is CC(=O)CC1=Nc2[nH]ncc2C(c2cccc3nonc23)C1C#N. The van der Waals surface area contributed by atoms with Crippen molar-refractivity contribution < 1.29 is 9.42 Å². The molecule has 0 fully saturated rings. The molecular formula is C16H12N6O2. The Bertz CT molecular complexity index is 1010. The minimum absolute atomic E-state index is 0.0444. The molecule has 118 valence electrons. The van der Waals surface area contributed by atoms with Gasteiger partial charge in [0, 0.05) is 23.6 Å². The Hall–Kier alpha value is -3.34. The van der Waals surface area contributed by atoms with Gasteiger partial charge in [0.2, 0.25) is 0 Å². The highest BCUT2D eigenvalue weighted by molar-refractivity contribution is 6.06. The summed E-state index contributed by atoms with van der Waals surface area (Å²) in [5.41, 5.74) is 3.34. The Morgan fingerprint density at radius 2 is 2.25 bits per heavy atom. The van der Waals surface area contributed by atoms with E-state index < -0.39 is 5.92 Å². The number of aromatic nitrogens is 4. The van der Waals surface area contributed by atoms with E-state index in [1.54, 1.807) is 12.3 Å². The van der Waals surface area contributed by atoms with Gasteiger partial charge < -0.3 is 0 Å². The lowest BCUT2D eigenvalue weighted by Gasteiger charge is -2.26. The third-order valence-electron chi connectivity index (χ3n) is 4.15. The molecule has 0 saturated carbocycles. The topological polar surface area (TPSA) is 121 Å². The first kappa shape index (κ1) is 14.3. The minimum Gasteiger partial charge on any atom is -0.300 e. The van der Waals surface area contributed by atoms with Crippen molar-refractivity contribution in [3.05, 3.63) is 35.5 Å². The average molecular weight is 320 g/mol. The van der Waals surface area contributed by atoms with E-state index in [0.717, 1.165) is 11.1 Å². The molecule has 1 aliphatic heterocycles. The summed E-state index contributed by atoms with van der Waals surface area (Å²) in [6, 6.07) is 7.81. The number of nitrogens with zero attached hydrogens (tertiary/aromatic N) is 5. The molecule has 1 aliphatic rings. The summed E-state index contributed by atoms with van der Waals surface area (Å²) in [4.78, 5) is 16.0. The first-order valence-electron chi connectivity index (χ1n) is 7.40. The lowest BCUT2D eigenvalue weighted by Crippen LogP contribution is -2.26. The lowest BCUT2D eigenvalue weighted by molar-refractivity contribution is -0.115. The van der Waals surface area contributed by atoms with E-state index in [9.17, 15) is 10.1 Å². The number of rotatable bonds is 3. The summed E-state index contributed by atoms with van der Waals surface area (Å²) in [6.07, 6.45) is 1.78. The highest BCUT2D eigenvalue weighted by Crippen LogP contribution is 2.43. The monoisotopic (exact) mass is 320 g/mol. The first-order chi connectivity index (χ1) is 11.7. The molecule has 1 N–H and O–H groups in total. The van der Waals surface area contributed by atoms with E-state index in [4.69, 9.17) is 4.63 Å². The van der Waals surface area contributed by atoms with Crippen LogP contribution in [0.4, 0.5) is 5.82 Å². The Balaban J connectivity index is 1.94. The van der Waals surface area contributed by atoms with Gasteiger partial charge in [-0.05, 0) is 28.9 Å². The van der Waals surface area contributed by atoms with Crippen LogP contribution in [-0.4, -0.2) is 32.0 Å². The molecule has 4 rings (SSSR count). The number of H-pyrrole nitrogens is 1. The predicted octanol–water partition coefficient (Wildman–Crippen LogP) is 2.28. The number of carbonyl (C=O) groups is 1. The molecule has 2 unspecified atom stereocenters. The quantitative estimate of drug-likeness (QED) is 0.790. The van der Waals surface area contributed by atoms with Gasteiger partial charge >= 0.3 is 0 Å². The van der Waals surface area contributed by atoms with Crippen LogP contribution in [0.3, 0.4) is 0 Å². The maximum atomic E-state index is 11.6. The standard InChI is InChI=1S/C16H12N6O2/c1-8(23)5-13-10(6-17)14(11-7-18-20-16(11)19-13)9-3-2-4-12-15(9)22-24-21-12/h2-4,7,10,14H,5H2,1H3,(H,18,20). The van der Waals surface area contributed by atoms with Crippen LogP contribution in [0, 0.1) is 17.2 Å². The molecule has 0 spiro atoms. The fraction of sp³-hybridized carbons (Fsp3) is 0.250. The molecule has 2 atom stereocenters. The van der Waals surface area contributed by atoms with Gasteiger partial charge in [0.1, 0.15) is 16.8 Å². The van der Waals surface area contributed by atoms with Crippen LogP contribution < -0.4 is 0 Å². The van der Waals surface area contributed by atoms with Crippen LogP contribution in [0.2, 0.25) is 0 Å². The van der Waals surface area contributed by atoms with Gasteiger partial charge in [0.25, 0.3) is 0 Å². The zero-order valence-corrected chi connectivity index (χ0v) is 12.7. The fourth-order valence-electron chi connectivity index (χ4n) is 3.17. The van der Waals surface area contributed by atoms with Gasteiger partial charge in [-0.3, -0.25) is 9.89 Å². The normalized spacial score (nSPS) is 19.6.